The van der Waals surface area contributed by atoms with Gasteiger partial charge in [0, 0.05) is 48.5 Å². The molecule has 5 nitrogen and oxygen atoms in total. The van der Waals surface area contributed by atoms with E-state index in [4.69, 9.17) is 11.6 Å². The van der Waals surface area contributed by atoms with Gasteiger partial charge in [-0.05, 0) is 36.6 Å². The zero-order chi connectivity index (χ0) is 20.2. The predicted octanol–water partition coefficient (Wildman–Crippen LogP) is 4.13. The van der Waals surface area contributed by atoms with Crippen molar-refractivity contribution in [1.82, 2.24) is 14.8 Å². The van der Waals surface area contributed by atoms with Gasteiger partial charge in [0.1, 0.15) is 5.69 Å². The van der Waals surface area contributed by atoms with E-state index >= 15 is 0 Å². The van der Waals surface area contributed by atoms with E-state index in [2.05, 4.69) is 17.1 Å². The SMILES string of the molecule is O=C(CCCc1ccccc1)N1CCN(C(=O)c2cc3ccc(Cl)cc3[nH]2)CC1. The van der Waals surface area contributed by atoms with Crippen molar-refractivity contribution in [3.8, 4) is 0 Å². The van der Waals surface area contributed by atoms with Crippen LogP contribution in [0, 0.1) is 0 Å². The van der Waals surface area contributed by atoms with Gasteiger partial charge in [0.2, 0.25) is 5.91 Å². The summed E-state index contributed by atoms with van der Waals surface area (Å²) in [6.07, 6.45) is 2.31. The van der Waals surface area contributed by atoms with Gasteiger partial charge in [-0.15, -0.1) is 0 Å². The second-order valence-electron chi connectivity index (χ2n) is 7.43. The number of benzene rings is 2. The van der Waals surface area contributed by atoms with Crippen molar-refractivity contribution >= 4 is 34.3 Å². The Balaban J connectivity index is 1.28. The summed E-state index contributed by atoms with van der Waals surface area (Å²) in [5.41, 5.74) is 2.67. The Morgan fingerprint density at radius 2 is 1.66 bits per heavy atom. The van der Waals surface area contributed by atoms with Crippen molar-refractivity contribution in [2.24, 2.45) is 0 Å². The number of aromatic amines is 1. The summed E-state index contributed by atoms with van der Waals surface area (Å²) in [5, 5.41) is 1.60. The monoisotopic (exact) mass is 409 g/mol. The molecule has 0 bridgehead atoms. The molecule has 150 valence electrons. The molecule has 1 fully saturated rings. The predicted molar refractivity (Wildman–Crippen MR) is 115 cm³/mol. The van der Waals surface area contributed by atoms with Crippen LogP contribution in [0.2, 0.25) is 5.02 Å². The number of carbonyl (C=O) groups is 2. The average Bonchev–Trinajstić information content (AvgIpc) is 3.17. The van der Waals surface area contributed by atoms with E-state index in [0.29, 0.717) is 43.3 Å². The summed E-state index contributed by atoms with van der Waals surface area (Å²) < 4.78 is 0. The molecule has 1 N–H and O–H groups in total. The summed E-state index contributed by atoms with van der Waals surface area (Å²) in [6.45, 7) is 2.28. The summed E-state index contributed by atoms with van der Waals surface area (Å²) in [7, 11) is 0. The van der Waals surface area contributed by atoms with E-state index in [9.17, 15) is 9.59 Å². The maximum Gasteiger partial charge on any atom is 0.270 e. The number of nitrogens with one attached hydrogen (secondary N) is 1. The van der Waals surface area contributed by atoms with Gasteiger partial charge >= 0.3 is 0 Å². The molecule has 1 aliphatic heterocycles. The Morgan fingerprint density at radius 3 is 2.41 bits per heavy atom. The quantitative estimate of drug-likeness (QED) is 0.688. The van der Waals surface area contributed by atoms with Crippen molar-refractivity contribution in [2.75, 3.05) is 26.2 Å². The Labute approximate surface area is 175 Å². The molecule has 2 heterocycles. The fraction of sp³-hybridized carbons (Fsp3) is 0.304. The first-order valence-corrected chi connectivity index (χ1v) is 10.4. The van der Waals surface area contributed by atoms with Crippen molar-refractivity contribution in [3.63, 3.8) is 0 Å². The molecule has 6 heteroatoms. The number of fused-ring (bicyclic) bond motifs is 1. The van der Waals surface area contributed by atoms with Crippen LogP contribution in [0.25, 0.3) is 10.9 Å². The highest BCUT2D eigenvalue weighted by atomic mass is 35.5. The van der Waals surface area contributed by atoms with Crippen LogP contribution in [-0.4, -0.2) is 52.8 Å². The maximum atomic E-state index is 12.8. The van der Waals surface area contributed by atoms with E-state index in [1.165, 1.54) is 5.56 Å². The molecule has 0 atom stereocenters. The molecule has 2 aromatic carbocycles. The van der Waals surface area contributed by atoms with Gasteiger partial charge in [0.15, 0.2) is 0 Å². The largest absolute Gasteiger partial charge is 0.350 e. The lowest BCUT2D eigenvalue weighted by Gasteiger charge is -2.34. The lowest BCUT2D eigenvalue weighted by Crippen LogP contribution is -2.50. The number of aryl methyl sites for hydroxylation is 1. The highest BCUT2D eigenvalue weighted by Crippen LogP contribution is 2.21. The zero-order valence-electron chi connectivity index (χ0n) is 16.2. The molecular weight excluding hydrogens is 386 g/mol. The Hall–Kier alpha value is -2.79. The minimum atomic E-state index is -0.0338. The highest BCUT2D eigenvalue weighted by Gasteiger charge is 2.25. The summed E-state index contributed by atoms with van der Waals surface area (Å²) in [6, 6.07) is 17.6. The second kappa shape index (κ2) is 8.70. The van der Waals surface area contributed by atoms with Crippen LogP contribution in [0.4, 0.5) is 0 Å². The van der Waals surface area contributed by atoms with E-state index in [1.807, 2.05) is 47.4 Å². The van der Waals surface area contributed by atoms with Crippen LogP contribution in [0.1, 0.15) is 28.9 Å². The molecule has 3 aromatic rings. The molecule has 29 heavy (non-hydrogen) atoms. The minimum absolute atomic E-state index is 0.0338. The number of H-pyrrole nitrogens is 1. The van der Waals surface area contributed by atoms with Gasteiger partial charge in [0.05, 0.1) is 0 Å². The number of rotatable bonds is 5. The van der Waals surface area contributed by atoms with Crippen molar-refractivity contribution in [1.29, 1.82) is 0 Å². The van der Waals surface area contributed by atoms with Gasteiger partial charge < -0.3 is 14.8 Å². The standard InChI is InChI=1S/C23H24ClN3O2/c24-19-10-9-18-15-21(25-20(18)16-19)23(29)27-13-11-26(12-14-27)22(28)8-4-7-17-5-2-1-3-6-17/h1-3,5-6,9-10,15-16,25H,4,7-8,11-14H2. The smallest absolute Gasteiger partial charge is 0.270 e. The summed E-state index contributed by atoms with van der Waals surface area (Å²) >= 11 is 6.02. The Bertz CT molecular complexity index is 1010. The van der Waals surface area contributed by atoms with Gasteiger partial charge in [-0.1, -0.05) is 48.0 Å². The van der Waals surface area contributed by atoms with Crippen LogP contribution in [0.3, 0.4) is 0 Å². The molecule has 0 aliphatic carbocycles. The fourth-order valence-corrected chi connectivity index (χ4v) is 3.96. The third-order valence-corrected chi connectivity index (χ3v) is 5.67. The van der Waals surface area contributed by atoms with Crippen molar-refractivity contribution in [3.05, 3.63) is 70.9 Å². The number of hydrogen-bond donors (Lipinski definition) is 1. The summed E-state index contributed by atoms with van der Waals surface area (Å²) in [5.74, 6) is 0.141. The molecule has 1 saturated heterocycles. The summed E-state index contributed by atoms with van der Waals surface area (Å²) in [4.78, 5) is 32.1. The van der Waals surface area contributed by atoms with Gasteiger partial charge in [-0.25, -0.2) is 0 Å². The molecule has 0 unspecified atom stereocenters. The average molecular weight is 410 g/mol. The van der Waals surface area contributed by atoms with Gasteiger partial charge in [-0.3, -0.25) is 9.59 Å². The number of nitrogens with zero attached hydrogens (tertiary/aromatic N) is 2. The van der Waals surface area contributed by atoms with Crippen LogP contribution in [-0.2, 0) is 11.2 Å². The van der Waals surface area contributed by atoms with E-state index in [-0.39, 0.29) is 11.8 Å². The number of carbonyl (C=O) groups excluding carboxylic acids is 2. The molecule has 1 aromatic heterocycles. The topological polar surface area (TPSA) is 56.4 Å². The highest BCUT2D eigenvalue weighted by molar-refractivity contribution is 6.31. The molecule has 2 amide bonds. The number of hydrogen-bond acceptors (Lipinski definition) is 2. The Kier molecular flexibility index (Phi) is 5.86. The van der Waals surface area contributed by atoms with Crippen LogP contribution in [0.5, 0.6) is 0 Å². The zero-order valence-corrected chi connectivity index (χ0v) is 17.0. The number of aromatic nitrogens is 1. The van der Waals surface area contributed by atoms with Gasteiger partial charge in [-0.2, -0.15) is 0 Å². The molecule has 0 radical (unpaired) electrons. The van der Waals surface area contributed by atoms with Crippen molar-refractivity contribution < 1.29 is 9.59 Å². The normalized spacial score (nSPS) is 14.4. The Morgan fingerprint density at radius 1 is 0.931 bits per heavy atom. The second-order valence-corrected chi connectivity index (χ2v) is 7.86. The fourth-order valence-electron chi connectivity index (χ4n) is 3.79. The van der Waals surface area contributed by atoms with E-state index in [1.54, 1.807) is 4.90 Å². The maximum absolute atomic E-state index is 12.8. The van der Waals surface area contributed by atoms with Crippen LogP contribution >= 0.6 is 11.6 Å². The lowest BCUT2D eigenvalue weighted by atomic mass is 10.1. The number of piperazine rings is 1. The molecule has 0 saturated carbocycles. The van der Waals surface area contributed by atoms with E-state index in [0.717, 1.165) is 23.7 Å². The third-order valence-electron chi connectivity index (χ3n) is 5.43. The first kappa shape index (κ1) is 19.5. The molecule has 0 spiro atoms. The molecular formula is C23H24ClN3O2. The van der Waals surface area contributed by atoms with Crippen LogP contribution in [0.15, 0.2) is 54.6 Å². The molecule has 1 aliphatic rings. The molecule has 4 rings (SSSR count). The first-order valence-electron chi connectivity index (χ1n) is 9.99. The van der Waals surface area contributed by atoms with Crippen LogP contribution < -0.4 is 0 Å². The third kappa shape index (κ3) is 4.62. The lowest BCUT2D eigenvalue weighted by molar-refractivity contribution is -0.132. The first-order chi connectivity index (χ1) is 14.1. The van der Waals surface area contributed by atoms with E-state index < -0.39 is 0 Å². The number of amides is 2. The van der Waals surface area contributed by atoms with Crippen molar-refractivity contribution in [2.45, 2.75) is 19.3 Å². The minimum Gasteiger partial charge on any atom is -0.350 e. The number of halogens is 1. The van der Waals surface area contributed by atoms with Gasteiger partial charge in [0.25, 0.3) is 5.91 Å².